The van der Waals surface area contributed by atoms with Gasteiger partial charge in [-0.1, -0.05) is 11.6 Å². The molecule has 0 amide bonds. The second-order valence-electron chi connectivity index (χ2n) is 4.80. The highest BCUT2D eigenvalue weighted by atomic mass is 35.5. The van der Waals surface area contributed by atoms with Gasteiger partial charge in [0.1, 0.15) is 23.5 Å². The lowest BCUT2D eigenvalue weighted by molar-refractivity contribution is 0.396. The minimum atomic E-state index is 0.371. The fourth-order valence-corrected chi connectivity index (χ4v) is 2.12. The maximum absolute atomic E-state index is 6.16. The van der Waals surface area contributed by atoms with Crippen LogP contribution in [0.25, 0.3) is 0 Å². The predicted molar refractivity (Wildman–Crippen MR) is 91.6 cm³/mol. The highest BCUT2D eigenvalue weighted by Gasteiger charge is 2.14. The van der Waals surface area contributed by atoms with Crippen LogP contribution in [-0.4, -0.2) is 43.3 Å². The Hall–Kier alpha value is -2.45. The first-order chi connectivity index (χ1) is 11.0. The molecule has 2 rings (SSSR count). The Morgan fingerprint density at radius 2 is 1.74 bits per heavy atom. The summed E-state index contributed by atoms with van der Waals surface area (Å²) in [6.07, 6.45) is 1.40. The van der Waals surface area contributed by atoms with E-state index in [1.54, 1.807) is 24.3 Å². The van der Waals surface area contributed by atoms with E-state index < -0.39 is 0 Å². The normalized spacial score (nSPS) is 10.5. The molecule has 4 N–H and O–H groups in total. The molecule has 124 valence electrons. The zero-order valence-electron chi connectivity index (χ0n) is 13.3. The molecule has 2 aromatic rings. The Labute approximate surface area is 139 Å². The summed E-state index contributed by atoms with van der Waals surface area (Å²) >= 11 is 6.16. The second kappa shape index (κ2) is 7.21. The molecule has 8 nitrogen and oxygen atoms in total. The van der Waals surface area contributed by atoms with Crippen molar-refractivity contribution in [1.29, 1.82) is 0 Å². The largest absolute Gasteiger partial charge is 0.495 e. The molecule has 0 saturated heterocycles. The van der Waals surface area contributed by atoms with E-state index in [4.69, 9.17) is 26.8 Å². The first-order valence-electron chi connectivity index (χ1n) is 6.69. The van der Waals surface area contributed by atoms with E-state index in [1.807, 2.05) is 14.1 Å². The molecule has 0 fully saturated rings. The number of hydrazine groups is 1. The number of nitrogens with zero attached hydrogens (tertiary/aromatic N) is 3. The number of benzene rings is 1. The van der Waals surface area contributed by atoms with Gasteiger partial charge in [0.25, 0.3) is 0 Å². The van der Waals surface area contributed by atoms with Gasteiger partial charge in [-0.05, 0) is 6.07 Å². The summed E-state index contributed by atoms with van der Waals surface area (Å²) < 4.78 is 10.5. The smallest absolute Gasteiger partial charge is 0.169 e. The lowest BCUT2D eigenvalue weighted by Gasteiger charge is -2.17. The molecule has 23 heavy (non-hydrogen) atoms. The highest BCUT2D eigenvalue weighted by Crippen LogP contribution is 2.38. The van der Waals surface area contributed by atoms with Crippen molar-refractivity contribution >= 4 is 34.6 Å². The molecular weight excluding hydrogens is 320 g/mol. The first-order valence-corrected chi connectivity index (χ1v) is 7.07. The van der Waals surface area contributed by atoms with Crippen molar-refractivity contribution < 1.29 is 9.47 Å². The van der Waals surface area contributed by atoms with Crippen LogP contribution in [0.15, 0.2) is 18.5 Å². The van der Waals surface area contributed by atoms with Crippen LogP contribution >= 0.6 is 11.6 Å². The Morgan fingerprint density at radius 1 is 1.09 bits per heavy atom. The topological polar surface area (TPSA) is 97.6 Å². The number of nitrogens with one attached hydrogen (secondary N) is 2. The second-order valence-corrected chi connectivity index (χ2v) is 5.21. The monoisotopic (exact) mass is 338 g/mol. The number of anilines is 4. The SMILES string of the molecule is COc1cc(OC)c(Nc2ncnc(NN(C)C)c2N)cc1Cl. The average Bonchev–Trinajstić information content (AvgIpc) is 2.51. The van der Waals surface area contributed by atoms with Crippen LogP contribution in [0.3, 0.4) is 0 Å². The van der Waals surface area contributed by atoms with Crippen LogP contribution in [0.2, 0.25) is 5.02 Å². The van der Waals surface area contributed by atoms with Gasteiger partial charge in [0.2, 0.25) is 0 Å². The van der Waals surface area contributed by atoms with Crippen LogP contribution in [0.1, 0.15) is 0 Å². The summed E-state index contributed by atoms with van der Waals surface area (Å²) in [5.74, 6) is 1.99. The summed E-state index contributed by atoms with van der Waals surface area (Å²) in [6, 6.07) is 3.36. The fourth-order valence-electron chi connectivity index (χ4n) is 1.88. The van der Waals surface area contributed by atoms with E-state index >= 15 is 0 Å². The number of rotatable bonds is 6. The molecule has 0 radical (unpaired) electrons. The van der Waals surface area contributed by atoms with Gasteiger partial charge < -0.3 is 25.9 Å². The van der Waals surface area contributed by atoms with Gasteiger partial charge in [-0.15, -0.1) is 0 Å². The van der Waals surface area contributed by atoms with Gasteiger partial charge in [-0.2, -0.15) is 0 Å². The zero-order valence-corrected chi connectivity index (χ0v) is 14.1. The molecule has 0 aliphatic heterocycles. The maximum Gasteiger partial charge on any atom is 0.169 e. The summed E-state index contributed by atoms with van der Waals surface area (Å²) in [6.45, 7) is 0. The predicted octanol–water partition coefficient (Wildman–Crippen LogP) is 2.36. The zero-order chi connectivity index (χ0) is 17.0. The number of halogens is 1. The quantitative estimate of drug-likeness (QED) is 0.690. The van der Waals surface area contributed by atoms with Crippen molar-refractivity contribution in [2.75, 3.05) is 44.8 Å². The van der Waals surface area contributed by atoms with E-state index in [-0.39, 0.29) is 0 Å². The number of hydrogen-bond donors (Lipinski definition) is 3. The van der Waals surface area contributed by atoms with E-state index in [1.165, 1.54) is 13.4 Å². The van der Waals surface area contributed by atoms with Gasteiger partial charge in [0, 0.05) is 20.2 Å². The summed E-state index contributed by atoms with van der Waals surface area (Å²) in [5, 5.41) is 5.27. The molecule has 0 aliphatic rings. The van der Waals surface area contributed by atoms with Crippen LogP contribution in [0.4, 0.5) is 23.0 Å². The Balaban J connectivity index is 2.37. The van der Waals surface area contributed by atoms with E-state index in [2.05, 4.69) is 20.7 Å². The van der Waals surface area contributed by atoms with Crippen molar-refractivity contribution in [2.45, 2.75) is 0 Å². The van der Waals surface area contributed by atoms with Crippen molar-refractivity contribution in [2.24, 2.45) is 0 Å². The van der Waals surface area contributed by atoms with Crippen LogP contribution in [-0.2, 0) is 0 Å². The number of hydrogen-bond acceptors (Lipinski definition) is 8. The Bertz CT molecular complexity index is 695. The van der Waals surface area contributed by atoms with Gasteiger partial charge in [-0.25, -0.2) is 15.0 Å². The number of aromatic nitrogens is 2. The minimum absolute atomic E-state index is 0.371. The molecule has 1 heterocycles. The standard InChI is InChI=1S/C14H19ClN6O2/c1-21(2)20-14-12(16)13(17-7-18-14)19-9-5-8(15)10(22-3)6-11(9)23-4/h5-7H,16H2,1-4H3,(H2,17,18,19,20). The maximum atomic E-state index is 6.16. The van der Waals surface area contributed by atoms with E-state index in [0.717, 1.165) is 0 Å². The van der Waals surface area contributed by atoms with Crippen molar-refractivity contribution in [3.05, 3.63) is 23.5 Å². The molecule has 1 aromatic carbocycles. The third-order valence-corrected chi connectivity index (χ3v) is 3.24. The fraction of sp³-hybridized carbons (Fsp3) is 0.286. The lowest BCUT2D eigenvalue weighted by atomic mass is 10.2. The highest BCUT2D eigenvalue weighted by molar-refractivity contribution is 6.32. The molecule has 1 aromatic heterocycles. The van der Waals surface area contributed by atoms with Crippen molar-refractivity contribution in [3.8, 4) is 11.5 Å². The minimum Gasteiger partial charge on any atom is -0.495 e. The van der Waals surface area contributed by atoms with Gasteiger partial charge in [-0.3, -0.25) is 0 Å². The van der Waals surface area contributed by atoms with E-state index in [9.17, 15) is 0 Å². The molecule has 0 atom stereocenters. The van der Waals surface area contributed by atoms with Crippen molar-refractivity contribution in [1.82, 2.24) is 15.0 Å². The molecule has 0 aliphatic carbocycles. The molecule has 9 heteroatoms. The molecule has 0 spiro atoms. The van der Waals surface area contributed by atoms with Gasteiger partial charge >= 0.3 is 0 Å². The first kappa shape index (κ1) is 16.9. The lowest BCUT2D eigenvalue weighted by Crippen LogP contribution is -2.21. The van der Waals surface area contributed by atoms with Crippen LogP contribution < -0.4 is 25.9 Å². The Morgan fingerprint density at radius 3 is 2.35 bits per heavy atom. The number of nitrogen functional groups attached to an aromatic ring is 1. The number of methoxy groups -OCH3 is 2. The third-order valence-electron chi connectivity index (χ3n) is 2.94. The molecule has 0 bridgehead atoms. The molecule has 0 unspecified atom stereocenters. The molecule has 0 saturated carbocycles. The average molecular weight is 339 g/mol. The van der Waals surface area contributed by atoms with Crippen molar-refractivity contribution in [3.63, 3.8) is 0 Å². The van der Waals surface area contributed by atoms with E-state index in [0.29, 0.717) is 39.5 Å². The number of ether oxygens (including phenoxy) is 2. The Kier molecular flexibility index (Phi) is 5.30. The summed E-state index contributed by atoms with van der Waals surface area (Å²) in [5.41, 5.74) is 10.1. The van der Waals surface area contributed by atoms with Gasteiger partial charge in [0.15, 0.2) is 11.6 Å². The summed E-state index contributed by atoms with van der Waals surface area (Å²) in [4.78, 5) is 8.26. The van der Waals surface area contributed by atoms with Crippen LogP contribution in [0.5, 0.6) is 11.5 Å². The summed E-state index contributed by atoms with van der Waals surface area (Å²) in [7, 11) is 6.76. The van der Waals surface area contributed by atoms with Gasteiger partial charge in [0.05, 0.1) is 24.9 Å². The molecular formula is C14H19ClN6O2. The van der Waals surface area contributed by atoms with Crippen LogP contribution in [0, 0.1) is 0 Å². The number of nitrogens with two attached hydrogens (primary N) is 1. The third kappa shape index (κ3) is 3.85.